The smallest absolute Gasteiger partial charge is 0.226 e. The number of halogens is 1. The summed E-state index contributed by atoms with van der Waals surface area (Å²) in [6.07, 6.45) is 1.74. The molecule has 94 valence electrons. The van der Waals surface area contributed by atoms with Gasteiger partial charge in [-0.1, -0.05) is 41.4 Å². The Morgan fingerprint density at radius 1 is 0.895 bits per heavy atom. The summed E-state index contributed by atoms with van der Waals surface area (Å²) >= 11 is 5.86. The number of benzene rings is 2. The highest BCUT2D eigenvalue weighted by Gasteiger charge is 2.08. The molecule has 0 saturated carbocycles. The lowest BCUT2D eigenvalue weighted by molar-refractivity contribution is 0.589. The summed E-state index contributed by atoms with van der Waals surface area (Å²) in [7, 11) is 0. The van der Waals surface area contributed by atoms with Crippen molar-refractivity contribution in [1.29, 1.82) is 0 Å². The van der Waals surface area contributed by atoms with Gasteiger partial charge in [-0.05, 0) is 31.2 Å². The molecule has 0 amide bonds. The lowest BCUT2D eigenvalue weighted by Crippen LogP contribution is -1.75. The zero-order valence-electron chi connectivity index (χ0n) is 10.4. The van der Waals surface area contributed by atoms with Gasteiger partial charge in [-0.25, -0.2) is 4.98 Å². The normalized spacial score (nSPS) is 10.6. The van der Waals surface area contributed by atoms with Crippen molar-refractivity contribution in [1.82, 2.24) is 4.98 Å². The van der Waals surface area contributed by atoms with Crippen LogP contribution in [0.1, 0.15) is 5.56 Å². The zero-order chi connectivity index (χ0) is 13.2. The number of hydrogen-bond donors (Lipinski definition) is 0. The average molecular weight is 270 g/mol. The van der Waals surface area contributed by atoms with Crippen molar-refractivity contribution >= 4 is 11.6 Å². The van der Waals surface area contributed by atoms with E-state index >= 15 is 0 Å². The summed E-state index contributed by atoms with van der Waals surface area (Å²) in [4.78, 5) is 4.31. The molecule has 1 aromatic heterocycles. The average Bonchev–Trinajstić information content (AvgIpc) is 2.90. The van der Waals surface area contributed by atoms with Crippen LogP contribution in [0, 0.1) is 6.92 Å². The van der Waals surface area contributed by atoms with Crippen molar-refractivity contribution in [3.63, 3.8) is 0 Å². The first-order chi connectivity index (χ1) is 9.22. The molecule has 19 heavy (non-hydrogen) atoms. The van der Waals surface area contributed by atoms with Crippen molar-refractivity contribution in [2.75, 3.05) is 0 Å². The lowest BCUT2D eigenvalue weighted by Gasteiger charge is -1.98. The van der Waals surface area contributed by atoms with Gasteiger partial charge in [-0.3, -0.25) is 0 Å². The maximum absolute atomic E-state index is 5.86. The van der Waals surface area contributed by atoms with E-state index in [4.69, 9.17) is 16.0 Å². The fraction of sp³-hybridized carbons (Fsp3) is 0.0625. The molecule has 0 aliphatic heterocycles. The molecular formula is C16H12ClNO. The number of aryl methyl sites for hydroxylation is 1. The fourth-order valence-electron chi connectivity index (χ4n) is 1.85. The predicted octanol–water partition coefficient (Wildman–Crippen LogP) is 4.97. The molecule has 1 heterocycles. The van der Waals surface area contributed by atoms with E-state index < -0.39 is 0 Å². The van der Waals surface area contributed by atoms with Crippen LogP contribution in [-0.2, 0) is 0 Å². The lowest BCUT2D eigenvalue weighted by atomic mass is 10.1. The van der Waals surface area contributed by atoms with Crippen molar-refractivity contribution in [2.45, 2.75) is 6.92 Å². The van der Waals surface area contributed by atoms with E-state index in [0.29, 0.717) is 10.9 Å². The zero-order valence-corrected chi connectivity index (χ0v) is 11.2. The number of oxazole rings is 1. The first kappa shape index (κ1) is 12.0. The molecule has 0 atom stereocenters. The number of nitrogens with zero attached hydrogens (tertiary/aromatic N) is 1. The van der Waals surface area contributed by atoms with E-state index in [0.717, 1.165) is 16.9 Å². The summed E-state index contributed by atoms with van der Waals surface area (Å²) in [5.41, 5.74) is 3.17. The number of hydrogen-bond acceptors (Lipinski definition) is 2. The second kappa shape index (κ2) is 4.90. The van der Waals surface area contributed by atoms with Gasteiger partial charge in [0.1, 0.15) is 0 Å². The molecule has 2 nitrogen and oxygen atoms in total. The maximum atomic E-state index is 5.86. The number of aromatic nitrogens is 1. The highest BCUT2D eigenvalue weighted by Crippen LogP contribution is 2.26. The van der Waals surface area contributed by atoms with Crippen LogP contribution in [0.4, 0.5) is 0 Å². The van der Waals surface area contributed by atoms with Gasteiger partial charge in [0.2, 0.25) is 5.89 Å². The Hall–Kier alpha value is -2.06. The van der Waals surface area contributed by atoms with Gasteiger partial charge in [-0.15, -0.1) is 0 Å². The van der Waals surface area contributed by atoms with Gasteiger partial charge >= 0.3 is 0 Å². The van der Waals surface area contributed by atoms with Gasteiger partial charge in [0, 0.05) is 16.1 Å². The molecule has 0 fully saturated rings. The molecule has 0 aliphatic rings. The molecule has 3 aromatic rings. The monoisotopic (exact) mass is 269 g/mol. The molecular weight excluding hydrogens is 258 g/mol. The van der Waals surface area contributed by atoms with Crippen LogP contribution in [0.3, 0.4) is 0 Å². The Labute approximate surface area is 116 Å². The van der Waals surface area contributed by atoms with E-state index in [1.165, 1.54) is 5.56 Å². The Bertz CT molecular complexity index is 624. The molecule has 3 heteroatoms. The summed E-state index contributed by atoms with van der Waals surface area (Å²) < 4.78 is 5.78. The summed E-state index contributed by atoms with van der Waals surface area (Å²) in [6.45, 7) is 2.06. The largest absolute Gasteiger partial charge is 0.436 e. The van der Waals surface area contributed by atoms with Crippen LogP contribution in [0.2, 0.25) is 5.02 Å². The quantitative estimate of drug-likeness (QED) is 0.656. The van der Waals surface area contributed by atoms with E-state index in [9.17, 15) is 0 Å². The van der Waals surface area contributed by atoms with Crippen LogP contribution in [0.5, 0.6) is 0 Å². The van der Waals surface area contributed by atoms with Crippen molar-refractivity contribution < 1.29 is 4.42 Å². The molecule has 0 radical (unpaired) electrons. The maximum Gasteiger partial charge on any atom is 0.226 e. The molecule has 0 spiro atoms. The first-order valence-electron chi connectivity index (χ1n) is 6.01. The molecule has 0 saturated heterocycles. The van der Waals surface area contributed by atoms with Crippen molar-refractivity contribution in [3.8, 4) is 22.8 Å². The Kier molecular flexibility index (Phi) is 3.10. The summed E-state index contributed by atoms with van der Waals surface area (Å²) in [5, 5.41) is 0.703. The standard InChI is InChI=1S/C16H12ClNO/c1-11-2-4-12(5-3-11)15-10-18-16(19-15)13-6-8-14(17)9-7-13/h2-10H,1H3. The van der Waals surface area contributed by atoms with Crippen LogP contribution >= 0.6 is 11.6 Å². The van der Waals surface area contributed by atoms with Crippen LogP contribution < -0.4 is 0 Å². The SMILES string of the molecule is Cc1ccc(-c2cnc(-c3ccc(Cl)cc3)o2)cc1. The minimum Gasteiger partial charge on any atom is -0.436 e. The molecule has 0 aliphatic carbocycles. The third-order valence-corrected chi connectivity index (χ3v) is 3.18. The number of rotatable bonds is 2. The molecule has 2 aromatic carbocycles. The summed E-state index contributed by atoms with van der Waals surface area (Å²) in [5.74, 6) is 1.37. The molecule has 0 unspecified atom stereocenters. The van der Waals surface area contributed by atoms with E-state index in [2.05, 4.69) is 24.0 Å². The van der Waals surface area contributed by atoms with Crippen LogP contribution in [-0.4, -0.2) is 4.98 Å². The minimum absolute atomic E-state index is 0.604. The Balaban J connectivity index is 1.95. The highest BCUT2D eigenvalue weighted by molar-refractivity contribution is 6.30. The fourth-order valence-corrected chi connectivity index (χ4v) is 1.98. The molecule has 0 N–H and O–H groups in total. The third kappa shape index (κ3) is 2.54. The summed E-state index contributed by atoms with van der Waals surface area (Å²) in [6, 6.07) is 15.6. The van der Waals surface area contributed by atoms with Gasteiger partial charge in [0.15, 0.2) is 5.76 Å². The highest BCUT2D eigenvalue weighted by atomic mass is 35.5. The first-order valence-corrected chi connectivity index (χ1v) is 6.39. The van der Waals surface area contributed by atoms with E-state index in [-0.39, 0.29) is 0 Å². The van der Waals surface area contributed by atoms with Gasteiger partial charge in [-0.2, -0.15) is 0 Å². The predicted molar refractivity (Wildman–Crippen MR) is 77.1 cm³/mol. The van der Waals surface area contributed by atoms with Crippen LogP contribution in [0.15, 0.2) is 59.1 Å². The second-order valence-electron chi connectivity index (χ2n) is 4.40. The minimum atomic E-state index is 0.604. The molecule has 3 rings (SSSR count). The van der Waals surface area contributed by atoms with E-state index in [1.54, 1.807) is 6.20 Å². The second-order valence-corrected chi connectivity index (χ2v) is 4.84. The third-order valence-electron chi connectivity index (χ3n) is 2.93. The molecule has 0 bridgehead atoms. The van der Waals surface area contributed by atoms with Crippen LogP contribution in [0.25, 0.3) is 22.8 Å². The van der Waals surface area contributed by atoms with E-state index in [1.807, 2.05) is 36.4 Å². The Morgan fingerprint density at radius 2 is 1.53 bits per heavy atom. The van der Waals surface area contributed by atoms with Crippen molar-refractivity contribution in [3.05, 3.63) is 65.3 Å². The van der Waals surface area contributed by atoms with Gasteiger partial charge in [0.05, 0.1) is 6.20 Å². The Morgan fingerprint density at radius 3 is 2.21 bits per heavy atom. The van der Waals surface area contributed by atoms with Gasteiger partial charge in [0.25, 0.3) is 0 Å². The topological polar surface area (TPSA) is 26.0 Å². The van der Waals surface area contributed by atoms with Gasteiger partial charge < -0.3 is 4.42 Å². The van der Waals surface area contributed by atoms with Crippen molar-refractivity contribution in [2.24, 2.45) is 0 Å².